The predicted octanol–water partition coefficient (Wildman–Crippen LogP) is 3.28. The summed E-state index contributed by atoms with van der Waals surface area (Å²) in [6.07, 6.45) is 1.00. The summed E-state index contributed by atoms with van der Waals surface area (Å²) >= 11 is 0. The van der Waals surface area contributed by atoms with Crippen LogP contribution in [0.1, 0.15) is 16.7 Å². The molecule has 0 radical (unpaired) electrons. The molecule has 0 spiro atoms. The minimum Gasteiger partial charge on any atom is -0.312 e. The number of hydrogen-bond acceptors (Lipinski definition) is 2. The number of benzene rings is 2. The number of aryl methyl sites for hydroxylation is 1. The molecule has 0 atom stereocenters. The van der Waals surface area contributed by atoms with Gasteiger partial charge in [-0.05, 0) is 54.8 Å². The number of hydrogen-bond donors (Lipinski definition) is 3. The monoisotopic (exact) mass is 281 g/mol. The van der Waals surface area contributed by atoms with Gasteiger partial charge in [-0.25, -0.2) is 4.79 Å². The highest BCUT2D eigenvalue weighted by Crippen LogP contribution is 2.23. The topological polar surface area (TPSA) is 53.2 Å². The molecule has 1 heterocycles. The van der Waals surface area contributed by atoms with E-state index in [1.54, 1.807) is 0 Å². The highest BCUT2D eigenvalue weighted by atomic mass is 16.2. The summed E-state index contributed by atoms with van der Waals surface area (Å²) in [5, 5.41) is 9.16. The summed E-state index contributed by atoms with van der Waals surface area (Å²) in [5.74, 6) is 0. The van der Waals surface area contributed by atoms with Gasteiger partial charge in [0.1, 0.15) is 0 Å². The third kappa shape index (κ3) is 3.23. The van der Waals surface area contributed by atoms with Gasteiger partial charge in [-0.2, -0.15) is 0 Å². The van der Waals surface area contributed by atoms with Crippen LogP contribution in [0.4, 0.5) is 16.2 Å². The van der Waals surface area contributed by atoms with E-state index in [1.807, 2.05) is 43.3 Å². The highest BCUT2D eigenvalue weighted by molar-refractivity contribution is 6.00. The van der Waals surface area contributed by atoms with E-state index in [1.165, 1.54) is 11.1 Å². The van der Waals surface area contributed by atoms with Crippen LogP contribution in [0.5, 0.6) is 0 Å². The first-order valence-electron chi connectivity index (χ1n) is 7.18. The first kappa shape index (κ1) is 13.6. The van der Waals surface area contributed by atoms with Crippen molar-refractivity contribution in [2.24, 2.45) is 0 Å². The lowest BCUT2D eigenvalue weighted by molar-refractivity contribution is 0.262. The number of carbonyl (C=O) groups excluding carboxylic acids is 1. The van der Waals surface area contributed by atoms with Crippen molar-refractivity contribution >= 4 is 17.4 Å². The predicted molar refractivity (Wildman–Crippen MR) is 85.7 cm³/mol. The number of rotatable bonds is 2. The Labute approximate surface area is 124 Å². The number of amides is 2. The molecule has 0 aliphatic carbocycles. The van der Waals surface area contributed by atoms with Crippen molar-refractivity contribution < 1.29 is 4.79 Å². The smallest absolute Gasteiger partial charge is 0.312 e. The summed E-state index contributed by atoms with van der Waals surface area (Å²) in [6, 6.07) is 13.6. The van der Waals surface area contributed by atoms with Gasteiger partial charge in [-0.3, -0.25) is 0 Å². The molecule has 0 fully saturated rings. The van der Waals surface area contributed by atoms with E-state index in [2.05, 4.69) is 22.0 Å². The lowest BCUT2D eigenvalue weighted by atomic mass is 9.99. The largest absolute Gasteiger partial charge is 0.323 e. The molecule has 2 aromatic carbocycles. The Morgan fingerprint density at radius 3 is 2.86 bits per heavy atom. The average molecular weight is 281 g/mol. The molecule has 1 aliphatic heterocycles. The van der Waals surface area contributed by atoms with Crippen molar-refractivity contribution in [3.8, 4) is 0 Å². The Balaban J connectivity index is 1.73. The molecule has 4 nitrogen and oxygen atoms in total. The Morgan fingerprint density at radius 2 is 2.00 bits per heavy atom. The Morgan fingerprint density at radius 1 is 1.14 bits per heavy atom. The molecule has 0 saturated heterocycles. The van der Waals surface area contributed by atoms with Crippen molar-refractivity contribution in [3.63, 3.8) is 0 Å². The van der Waals surface area contributed by atoms with Crippen molar-refractivity contribution in [2.75, 3.05) is 17.2 Å². The zero-order chi connectivity index (χ0) is 14.7. The van der Waals surface area contributed by atoms with Crippen molar-refractivity contribution in [2.45, 2.75) is 19.9 Å². The van der Waals surface area contributed by atoms with E-state index < -0.39 is 0 Å². The summed E-state index contributed by atoms with van der Waals surface area (Å²) in [7, 11) is 0. The number of urea groups is 1. The fourth-order valence-electron chi connectivity index (χ4n) is 2.64. The Bertz CT molecular complexity index is 667. The van der Waals surface area contributed by atoms with Crippen LogP contribution >= 0.6 is 0 Å². The normalized spacial score (nSPS) is 13.4. The zero-order valence-electron chi connectivity index (χ0n) is 12.1. The Hall–Kier alpha value is -2.33. The van der Waals surface area contributed by atoms with E-state index in [-0.39, 0.29) is 6.03 Å². The number of nitrogens with one attached hydrogen (secondary N) is 3. The summed E-state index contributed by atoms with van der Waals surface area (Å²) < 4.78 is 0. The molecule has 21 heavy (non-hydrogen) atoms. The summed E-state index contributed by atoms with van der Waals surface area (Å²) in [5.41, 5.74) is 5.29. The van der Waals surface area contributed by atoms with Gasteiger partial charge in [-0.15, -0.1) is 0 Å². The molecule has 1 aliphatic rings. The standard InChI is InChI=1S/C17H19N3O/c1-12-4-2-6-14(10-12)19-17(21)20-16-7-3-5-13-8-9-18-11-15(13)16/h2-7,10,18H,8-9,11H2,1H3,(H2,19,20,21). The molecule has 2 aromatic rings. The van der Waals surface area contributed by atoms with Gasteiger partial charge < -0.3 is 16.0 Å². The van der Waals surface area contributed by atoms with E-state index >= 15 is 0 Å². The fourth-order valence-corrected chi connectivity index (χ4v) is 2.64. The van der Waals surface area contributed by atoms with Gasteiger partial charge in [0.15, 0.2) is 0 Å². The van der Waals surface area contributed by atoms with Crippen LogP contribution in [0.25, 0.3) is 0 Å². The van der Waals surface area contributed by atoms with Crippen LogP contribution < -0.4 is 16.0 Å². The highest BCUT2D eigenvalue weighted by Gasteiger charge is 2.13. The maximum absolute atomic E-state index is 12.1. The van der Waals surface area contributed by atoms with E-state index in [0.717, 1.165) is 36.4 Å². The molecule has 108 valence electrons. The number of fused-ring (bicyclic) bond motifs is 1. The molecule has 3 rings (SSSR count). The van der Waals surface area contributed by atoms with Gasteiger partial charge in [-0.1, -0.05) is 24.3 Å². The van der Waals surface area contributed by atoms with Crippen LogP contribution in [-0.2, 0) is 13.0 Å². The fraction of sp³-hybridized carbons (Fsp3) is 0.235. The first-order valence-corrected chi connectivity index (χ1v) is 7.18. The second kappa shape index (κ2) is 5.97. The molecule has 0 unspecified atom stereocenters. The van der Waals surface area contributed by atoms with Gasteiger partial charge in [0.2, 0.25) is 0 Å². The van der Waals surface area contributed by atoms with Crippen molar-refractivity contribution in [1.82, 2.24) is 5.32 Å². The second-order valence-corrected chi connectivity index (χ2v) is 5.32. The SMILES string of the molecule is Cc1cccc(NC(=O)Nc2cccc3c2CNCC3)c1. The van der Waals surface area contributed by atoms with Gasteiger partial charge in [0, 0.05) is 17.9 Å². The number of anilines is 2. The summed E-state index contributed by atoms with van der Waals surface area (Å²) in [6.45, 7) is 3.80. The molecular formula is C17H19N3O. The van der Waals surface area contributed by atoms with Crippen LogP contribution in [0.15, 0.2) is 42.5 Å². The van der Waals surface area contributed by atoms with Crippen LogP contribution in [0, 0.1) is 6.92 Å². The lowest BCUT2D eigenvalue weighted by Crippen LogP contribution is -2.26. The van der Waals surface area contributed by atoms with Crippen LogP contribution in [0.2, 0.25) is 0 Å². The Kier molecular flexibility index (Phi) is 3.88. The van der Waals surface area contributed by atoms with Crippen LogP contribution in [0.3, 0.4) is 0 Å². The third-order valence-corrected chi connectivity index (χ3v) is 3.67. The quantitative estimate of drug-likeness (QED) is 0.791. The molecule has 2 amide bonds. The van der Waals surface area contributed by atoms with E-state index in [9.17, 15) is 4.79 Å². The lowest BCUT2D eigenvalue weighted by Gasteiger charge is -2.20. The van der Waals surface area contributed by atoms with Crippen LogP contribution in [-0.4, -0.2) is 12.6 Å². The van der Waals surface area contributed by atoms with Gasteiger partial charge in [0.25, 0.3) is 0 Å². The molecule has 3 N–H and O–H groups in total. The van der Waals surface area contributed by atoms with Gasteiger partial charge in [0.05, 0.1) is 0 Å². The molecular weight excluding hydrogens is 262 g/mol. The third-order valence-electron chi connectivity index (χ3n) is 3.67. The minimum absolute atomic E-state index is 0.209. The molecule has 0 bridgehead atoms. The van der Waals surface area contributed by atoms with Crippen molar-refractivity contribution in [3.05, 3.63) is 59.2 Å². The first-order chi connectivity index (χ1) is 10.2. The van der Waals surface area contributed by atoms with E-state index in [0.29, 0.717) is 0 Å². The molecule has 0 saturated carbocycles. The summed E-state index contributed by atoms with van der Waals surface area (Å²) in [4.78, 5) is 12.1. The van der Waals surface area contributed by atoms with E-state index in [4.69, 9.17) is 0 Å². The second-order valence-electron chi connectivity index (χ2n) is 5.32. The average Bonchev–Trinajstić information content (AvgIpc) is 2.47. The molecule has 4 heteroatoms. The van der Waals surface area contributed by atoms with Crippen molar-refractivity contribution in [1.29, 1.82) is 0 Å². The maximum atomic E-state index is 12.1. The maximum Gasteiger partial charge on any atom is 0.323 e. The number of carbonyl (C=O) groups is 1. The zero-order valence-corrected chi connectivity index (χ0v) is 12.1. The molecule has 0 aromatic heterocycles. The van der Waals surface area contributed by atoms with Gasteiger partial charge >= 0.3 is 6.03 Å². The minimum atomic E-state index is -0.209.